The van der Waals surface area contributed by atoms with Crippen LogP contribution in [0.1, 0.15) is 22.6 Å². The summed E-state index contributed by atoms with van der Waals surface area (Å²) in [6.45, 7) is 1.99. The van der Waals surface area contributed by atoms with E-state index in [-0.39, 0.29) is 5.92 Å². The van der Waals surface area contributed by atoms with Crippen molar-refractivity contribution in [3.05, 3.63) is 70.2 Å². The molecule has 2 aromatic rings. The monoisotopic (exact) mass is 280 g/mol. The summed E-state index contributed by atoms with van der Waals surface area (Å²) in [5, 5.41) is 19.2. The molecule has 0 N–H and O–H groups in total. The van der Waals surface area contributed by atoms with Gasteiger partial charge in [-0.05, 0) is 35.7 Å². The molecule has 0 fully saturated rings. The fraction of sp³-hybridized carbons (Fsp3) is 0.176. The highest BCUT2D eigenvalue weighted by Gasteiger charge is 2.25. The maximum absolute atomic E-state index is 9.27. The normalized spacial score (nSPS) is 11.7. The summed E-state index contributed by atoms with van der Waals surface area (Å²) in [6, 6.07) is 19.4. The minimum absolute atomic E-state index is 0.261. The minimum atomic E-state index is -0.725. The van der Waals surface area contributed by atoms with Crippen LogP contribution >= 0.6 is 11.6 Å². The van der Waals surface area contributed by atoms with Gasteiger partial charge in [-0.3, -0.25) is 0 Å². The molecule has 2 rings (SSSR count). The van der Waals surface area contributed by atoms with Gasteiger partial charge < -0.3 is 0 Å². The van der Waals surface area contributed by atoms with Crippen LogP contribution in [0.25, 0.3) is 0 Å². The highest BCUT2D eigenvalue weighted by Crippen LogP contribution is 2.34. The van der Waals surface area contributed by atoms with Gasteiger partial charge in [0.1, 0.15) is 5.92 Å². The average Bonchev–Trinajstić information content (AvgIpc) is 2.47. The van der Waals surface area contributed by atoms with Crippen LogP contribution in [0.15, 0.2) is 48.5 Å². The van der Waals surface area contributed by atoms with Crippen LogP contribution in [0.3, 0.4) is 0 Å². The van der Waals surface area contributed by atoms with Gasteiger partial charge >= 0.3 is 0 Å². The maximum atomic E-state index is 9.27. The number of nitrogens with zero attached hydrogens (tertiary/aromatic N) is 2. The molecule has 98 valence electrons. The van der Waals surface area contributed by atoms with Crippen LogP contribution in [0.4, 0.5) is 0 Å². The van der Waals surface area contributed by atoms with Crippen molar-refractivity contribution in [3.63, 3.8) is 0 Å². The van der Waals surface area contributed by atoms with E-state index in [9.17, 15) is 10.5 Å². The number of benzene rings is 2. The van der Waals surface area contributed by atoms with Gasteiger partial charge in [0, 0.05) is 10.9 Å². The zero-order chi connectivity index (χ0) is 14.5. The molecule has 1 atom stereocenters. The Morgan fingerprint density at radius 1 is 0.950 bits per heavy atom. The van der Waals surface area contributed by atoms with Crippen LogP contribution in [0.5, 0.6) is 0 Å². The van der Waals surface area contributed by atoms with Gasteiger partial charge in [0.2, 0.25) is 0 Å². The standard InChI is InChI=1S/C17H13ClN2/c1-12-4-2-3-5-16(12)17(14(10-19)11-20)13-6-8-15(18)9-7-13/h2-9,14,17H,1H3. The number of aryl methyl sites for hydroxylation is 1. The van der Waals surface area contributed by atoms with Gasteiger partial charge in [-0.25, -0.2) is 0 Å². The SMILES string of the molecule is Cc1ccccc1C(c1ccc(Cl)cc1)C(C#N)C#N. The predicted octanol–water partition coefficient (Wildman–Crippen LogP) is 4.44. The van der Waals surface area contributed by atoms with E-state index in [1.807, 2.05) is 43.3 Å². The molecular weight excluding hydrogens is 268 g/mol. The molecule has 0 bridgehead atoms. The molecule has 1 unspecified atom stereocenters. The first-order valence-corrected chi connectivity index (χ1v) is 6.65. The fourth-order valence-corrected chi connectivity index (χ4v) is 2.46. The molecule has 2 aromatic carbocycles. The molecule has 0 aromatic heterocycles. The van der Waals surface area contributed by atoms with Crippen LogP contribution in [-0.2, 0) is 0 Å². The summed E-state index contributed by atoms with van der Waals surface area (Å²) in [6.07, 6.45) is 0. The molecule has 20 heavy (non-hydrogen) atoms. The van der Waals surface area contributed by atoms with E-state index in [0.29, 0.717) is 5.02 Å². The predicted molar refractivity (Wildman–Crippen MR) is 79.2 cm³/mol. The van der Waals surface area contributed by atoms with E-state index >= 15 is 0 Å². The van der Waals surface area contributed by atoms with E-state index in [4.69, 9.17) is 11.6 Å². The molecule has 0 aliphatic rings. The van der Waals surface area contributed by atoms with Gasteiger partial charge in [0.15, 0.2) is 0 Å². The summed E-state index contributed by atoms with van der Waals surface area (Å²) in [5.41, 5.74) is 3.00. The lowest BCUT2D eigenvalue weighted by Crippen LogP contribution is -2.12. The first-order valence-electron chi connectivity index (χ1n) is 6.27. The first kappa shape index (κ1) is 14.1. The first-order chi connectivity index (χ1) is 9.67. The molecule has 0 aliphatic carbocycles. The van der Waals surface area contributed by atoms with Gasteiger partial charge in [-0.2, -0.15) is 10.5 Å². The second kappa shape index (κ2) is 6.24. The van der Waals surface area contributed by atoms with Crippen molar-refractivity contribution in [2.75, 3.05) is 0 Å². The topological polar surface area (TPSA) is 47.6 Å². The van der Waals surface area contributed by atoms with Crippen molar-refractivity contribution in [2.24, 2.45) is 5.92 Å². The second-order valence-electron chi connectivity index (χ2n) is 4.62. The average molecular weight is 281 g/mol. The highest BCUT2D eigenvalue weighted by atomic mass is 35.5. The Balaban J connectivity index is 2.57. The molecular formula is C17H13ClN2. The Hall–Kier alpha value is -2.29. The summed E-state index contributed by atoms with van der Waals surface area (Å²) in [5.74, 6) is -0.985. The number of hydrogen-bond acceptors (Lipinski definition) is 2. The Kier molecular flexibility index (Phi) is 4.41. The fourth-order valence-electron chi connectivity index (χ4n) is 2.34. The second-order valence-corrected chi connectivity index (χ2v) is 5.06. The van der Waals surface area contributed by atoms with Gasteiger partial charge in [0.05, 0.1) is 12.1 Å². The maximum Gasteiger partial charge on any atom is 0.144 e. The van der Waals surface area contributed by atoms with E-state index in [1.54, 1.807) is 12.1 Å². The molecule has 3 heteroatoms. The van der Waals surface area contributed by atoms with Crippen LogP contribution in [0.2, 0.25) is 5.02 Å². The van der Waals surface area contributed by atoms with Crippen molar-refractivity contribution in [2.45, 2.75) is 12.8 Å². The third-order valence-electron chi connectivity index (χ3n) is 3.36. The number of rotatable bonds is 3. The van der Waals surface area contributed by atoms with Crippen LogP contribution in [-0.4, -0.2) is 0 Å². The third-order valence-corrected chi connectivity index (χ3v) is 3.62. The zero-order valence-electron chi connectivity index (χ0n) is 11.0. The number of nitriles is 2. The van der Waals surface area contributed by atoms with Crippen molar-refractivity contribution < 1.29 is 0 Å². The van der Waals surface area contributed by atoms with E-state index in [1.165, 1.54) is 0 Å². The lowest BCUT2D eigenvalue weighted by Gasteiger charge is -2.20. The molecule has 0 aliphatic heterocycles. The van der Waals surface area contributed by atoms with Crippen molar-refractivity contribution in [1.82, 2.24) is 0 Å². The zero-order valence-corrected chi connectivity index (χ0v) is 11.8. The van der Waals surface area contributed by atoms with E-state index in [2.05, 4.69) is 12.1 Å². The molecule has 0 radical (unpaired) electrons. The molecule has 0 saturated carbocycles. The van der Waals surface area contributed by atoms with Crippen molar-refractivity contribution in [3.8, 4) is 12.1 Å². The Labute approximate surface area is 123 Å². The lowest BCUT2D eigenvalue weighted by molar-refractivity contribution is 0.705. The van der Waals surface area contributed by atoms with Gasteiger partial charge in [-0.1, -0.05) is 48.0 Å². The summed E-state index contributed by atoms with van der Waals surface area (Å²) in [4.78, 5) is 0. The van der Waals surface area contributed by atoms with Gasteiger partial charge in [0.25, 0.3) is 0 Å². The smallest absolute Gasteiger partial charge is 0.144 e. The minimum Gasteiger partial charge on any atom is -0.197 e. The lowest BCUT2D eigenvalue weighted by atomic mass is 9.80. The van der Waals surface area contributed by atoms with Crippen LogP contribution in [0, 0.1) is 35.5 Å². The largest absolute Gasteiger partial charge is 0.197 e. The van der Waals surface area contributed by atoms with E-state index < -0.39 is 5.92 Å². The molecule has 0 saturated heterocycles. The van der Waals surface area contributed by atoms with Crippen LogP contribution < -0.4 is 0 Å². The molecule has 0 spiro atoms. The number of hydrogen-bond donors (Lipinski definition) is 0. The Bertz CT molecular complexity index is 663. The summed E-state index contributed by atoms with van der Waals surface area (Å²) in [7, 11) is 0. The number of halogens is 1. The Morgan fingerprint density at radius 3 is 2.10 bits per heavy atom. The van der Waals surface area contributed by atoms with Gasteiger partial charge in [-0.15, -0.1) is 0 Å². The molecule has 2 nitrogen and oxygen atoms in total. The third kappa shape index (κ3) is 2.82. The van der Waals surface area contributed by atoms with Crippen molar-refractivity contribution in [1.29, 1.82) is 10.5 Å². The molecule has 0 amide bonds. The highest BCUT2D eigenvalue weighted by molar-refractivity contribution is 6.30. The Morgan fingerprint density at radius 2 is 1.55 bits per heavy atom. The quantitative estimate of drug-likeness (QED) is 0.834. The molecule has 0 heterocycles. The summed E-state index contributed by atoms with van der Waals surface area (Å²) >= 11 is 5.91. The summed E-state index contributed by atoms with van der Waals surface area (Å²) < 4.78 is 0. The van der Waals surface area contributed by atoms with Crippen molar-refractivity contribution >= 4 is 11.6 Å². The van der Waals surface area contributed by atoms with E-state index in [0.717, 1.165) is 16.7 Å².